The fourth-order valence-corrected chi connectivity index (χ4v) is 1.94. The Morgan fingerprint density at radius 3 is 2.33 bits per heavy atom. The molecule has 0 saturated carbocycles. The van der Waals surface area contributed by atoms with Gasteiger partial charge < -0.3 is 5.11 Å². The van der Waals surface area contributed by atoms with E-state index >= 15 is 0 Å². The highest BCUT2D eigenvalue weighted by atomic mass is 32.2. The van der Waals surface area contributed by atoms with Gasteiger partial charge in [0.25, 0.3) is 0 Å². The van der Waals surface area contributed by atoms with Crippen molar-refractivity contribution in [2.45, 2.75) is 25.3 Å². The molecule has 1 aromatic carbocycles. The molecule has 0 heterocycles. The Hall–Kier alpha value is -1.81. The van der Waals surface area contributed by atoms with Crippen molar-refractivity contribution >= 4 is 22.1 Å². The van der Waals surface area contributed by atoms with Gasteiger partial charge >= 0.3 is 16.3 Å². The normalized spacial score (nSPS) is 12.8. The van der Waals surface area contributed by atoms with Crippen LogP contribution in [0.3, 0.4) is 0 Å². The molecule has 0 aliphatic carbocycles. The average molecular weight is 316 g/mol. The maximum atomic E-state index is 11.7. The number of ketones is 1. The average Bonchev–Trinajstić information content (AvgIpc) is 2.38. The summed E-state index contributed by atoms with van der Waals surface area (Å²) in [6, 6.07) is 7.60. The molecule has 0 radical (unpaired) electrons. The molecule has 1 rings (SSSR count). The second kappa shape index (κ2) is 7.84. The second-order valence-corrected chi connectivity index (χ2v) is 5.45. The first-order chi connectivity index (χ1) is 9.79. The van der Waals surface area contributed by atoms with Crippen LogP contribution in [0, 0.1) is 0 Å². The van der Waals surface area contributed by atoms with E-state index in [4.69, 9.17) is 9.66 Å². The molecule has 0 aliphatic heterocycles. The van der Waals surface area contributed by atoms with Crippen molar-refractivity contribution in [1.29, 1.82) is 0 Å². The van der Waals surface area contributed by atoms with Gasteiger partial charge in [0.2, 0.25) is 0 Å². The molecule has 4 N–H and O–H groups in total. The zero-order valence-electron chi connectivity index (χ0n) is 11.0. The van der Waals surface area contributed by atoms with E-state index in [2.05, 4.69) is 0 Å². The molecule has 0 spiro atoms. The van der Waals surface area contributed by atoms with E-state index in [9.17, 15) is 18.0 Å². The zero-order valence-corrected chi connectivity index (χ0v) is 11.8. The largest absolute Gasteiger partial charge is 0.480 e. The number of aryl methyl sites for hydroxylation is 1. The van der Waals surface area contributed by atoms with E-state index in [-0.39, 0.29) is 6.42 Å². The van der Waals surface area contributed by atoms with Crippen molar-refractivity contribution < 1.29 is 27.7 Å². The molecular weight excluding hydrogens is 300 g/mol. The molecule has 0 fully saturated rings. The third-order valence-corrected chi connectivity index (χ3v) is 3.01. The lowest BCUT2D eigenvalue weighted by molar-refractivity contribution is -0.143. The number of aliphatic carboxylic acids is 1. The minimum Gasteiger partial charge on any atom is -0.480 e. The lowest BCUT2D eigenvalue weighted by atomic mass is 10.0. The molecule has 0 aromatic heterocycles. The number of benzene rings is 1. The summed E-state index contributed by atoms with van der Waals surface area (Å²) in [5, 5.41) is 8.86. The minimum atomic E-state index is -4.63. The van der Waals surface area contributed by atoms with Crippen molar-refractivity contribution in [3.05, 3.63) is 35.9 Å². The highest BCUT2D eigenvalue weighted by molar-refractivity contribution is 7.83. The summed E-state index contributed by atoms with van der Waals surface area (Å²) in [5.41, 5.74) is 2.79. The van der Waals surface area contributed by atoms with Crippen molar-refractivity contribution in [1.82, 2.24) is 10.3 Å². The highest BCUT2D eigenvalue weighted by Crippen LogP contribution is 2.06. The Balaban J connectivity index is 2.48. The smallest absolute Gasteiger partial charge is 0.346 e. The van der Waals surface area contributed by atoms with E-state index in [1.807, 2.05) is 30.3 Å². The number of hydrogen-bond donors (Lipinski definition) is 4. The molecular formula is C12H16N2O6S. The maximum absolute atomic E-state index is 11.7. The Bertz CT molecular complexity index is 587. The molecule has 1 aromatic rings. The van der Waals surface area contributed by atoms with Crippen LogP contribution in [0.2, 0.25) is 0 Å². The number of nitrogens with one attached hydrogen (secondary N) is 2. The molecule has 9 heteroatoms. The second-order valence-electron chi connectivity index (χ2n) is 4.30. The van der Waals surface area contributed by atoms with Crippen LogP contribution in [0.4, 0.5) is 0 Å². The first-order valence-corrected chi connectivity index (χ1v) is 7.53. The van der Waals surface area contributed by atoms with Gasteiger partial charge in [-0.05, 0) is 18.4 Å². The summed E-state index contributed by atoms with van der Waals surface area (Å²) in [6.07, 6.45) is 0.997. The maximum Gasteiger partial charge on any atom is 0.346 e. The number of hydrazine groups is 1. The Kier molecular flexibility index (Phi) is 6.43. The number of rotatable bonds is 9. The topological polar surface area (TPSA) is 133 Å². The van der Waals surface area contributed by atoms with Gasteiger partial charge in [0.15, 0.2) is 11.8 Å². The van der Waals surface area contributed by atoms with Gasteiger partial charge in [0.05, 0.1) is 0 Å². The van der Waals surface area contributed by atoms with Crippen molar-refractivity contribution in [3.63, 3.8) is 0 Å². The van der Waals surface area contributed by atoms with Crippen molar-refractivity contribution in [2.75, 3.05) is 0 Å². The van der Waals surface area contributed by atoms with E-state index in [1.165, 1.54) is 4.83 Å². The van der Waals surface area contributed by atoms with Gasteiger partial charge in [0.1, 0.15) is 0 Å². The molecule has 0 bridgehead atoms. The van der Waals surface area contributed by atoms with Gasteiger partial charge in [-0.25, -0.2) is 10.2 Å². The van der Waals surface area contributed by atoms with Gasteiger partial charge in [-0.1, -0.05) is 30.3 Å². The first-order valence-electron chi connectivity index (χ1n) is 6.09. The summed E-state index contributed by atoms with van der Waals surface area (Å²) in [7, 11) is -4.63. The zero-order chi connectivity index (χ0) is 15.9. The molecule has 1 unspecified atom stereocenters. The van der Waals surface area contributed by atoms with Crippen molar-refractivity contribution in [3.8, 4) is 0 Å². The molecule has 0 amide bonds. The van der Waals surface area contributed by atoms with E-state index in [1.54, 1.807) is 5.43 Å². The number of carbonyl (C=O) groups excluding carboxylic acids is 1. The Morgan fingerprint density at radius 2 is 1.81 bits per heavy atom. The number of hydrogen-bond acceptors (Lipinski definition) is 5. The number of carboxylic acid groups (broad SMARTS) is 1. The monoisotopic (exact) mass is 316 g/mol. The number of carbonyl (C=O) groups is 2. The van der Waals surface area contributed by atoms with E-state index < -0.39 is 28.1 Å². The first kappa shape index (κ1) is 17.2. The summed E-state index contributed by atoms with van der Waals surface area (Å²) in [4.78, 5) is 24.0. The standard InChI is InChI=1S/C12H16N2O6S/c15-10(8-4-7-9-5-2-1-3-6-9)11(12(16)17)13-14-21(18,19)20/h1-3,5-6,11,13-14H,4,7-8H2,(H,16,17)(H,18,19,20). The van der Waals surface area contributed by atoms with Gasteiger partial charge in [0, 0.05) is 6.42 Å². The molecule has 8 nitrogen and oxygen atoms in total. The predicted octanol–water partition coefficient (Wildman–Crippen LogP) is -0.0714. The Morgan fingerprint density at radius 1 is 1.19 bits per heavy atom. The SMILES string of the molecule is O=C(O)C(NNS(=O)(=O)O)C(=O)CCCc1ccccc1. The summed E-state index contributed by atoms with van der Waals surface area (Å²) in [5.74, 6) is -2.22. The van der Waals surface area contributed by atoms with Crippen LogP contribution in [-0.2, 0) is 26.3 Å². The van der Waals surface area contributed by atoms with Gasteiger partial charge in [-0.15, -0.1) is 4.83 Å². The lowest BCUT2D eigenvalue weighted by Gasteiger charge is -2.12. The van der Waals surface area contributed by atoms with Crippen LogP contribution in [0.5, 0.6) is 0 Å². The highest BCUT2D eigenvalue weighted by Gasteiger charge is 2.26. The fraction of sp³-hybridized carbons (Fsp3) is 0.333. The van der Waals surface area contributed by atoms with Gasteiger partial charge in [-0.3, -0.25) is 9.35 Å². The molecule has 0 saturated heterocycles. The fourth-order valence-electron chi connectivity index (χ4n) is 1.67. The van der Waals surface area contributed by atoms with E-state index in [0.29, 0.717) is 12.8 Å². The van der Waals surface area contributed by atoms with Crippen molar-refractivity contribution in [2.24, 2.45) is 0 Å². The third kappa shape index (κ3) is 6.95. The molecule has 1 atom stereocenters. The van der Waals surface area contributed by atoms with Crippen LogP contribution < -0.4 is 10.3 Å². The van der Waals surface area contributed by atoms with Crippen LogP contribution in [0.15, 0.2) is 30.3 Å². The number of Topliss-reactive ketones (excluding diaryl/α,β-unsaturated/α-hetero) is 1. The van der Waals surface area contributed by atoms with Crippen LogP contribution in [0.25, 0.3) is 0 Å². The van der Waals surface area contributed by atoms with Gasteiger partial charge in [-0.2, -0.15) is 8.42 Å². The summed E-state index contributed by atoms with van der Waals surface area (Å²) in [6.45, 7) is 0. The lowest BCUT2D eigenvalue weighted by Crippen LogP contribution is -2.51. The van der Waals surface area contributed by atoms with Crippen LogP contribution in [-0.4, -0.2) is 35.9 Å². The Labute approximate surface area is 122 Å². The summed E-state index contributed by atoms with van der Waals surface area (Å²) < 4.78 is 29.4. The minimum absolute atomic E-state index is 0.0357. The molecule has 21 heavy (non-hydrogen) atoms. The quantitative estimate of drug-likeness (QED) is 0.285. The molecule has 0 aliphatic rings. The van der Waals surface area contributed by atoms with Crippen LogP contribution in [0.1, 0.15) is 18.4 Å². The van der Waals surface area contributed by atoms with Crippen LogP contribution >= 0.6 is 0 Å². The third-order valence-electron chi connectivity index (χ3n) is 2.63. The number of carboxylic acids is 1. The molecule has 116 valence electrons. The predicted molar refractivity (Wildman–Crippen MR) is 73.6 cm³/mol. The summed E-state index contributed by atoms with van der Waals surface area (Å²) >= 11 is 0. The van der Waals surface area contributed by atoms with E-state index in [0.717, 1.165) is 5.56 Å².